The molecule has 3 rings (SSSR count). The van der Waals surface area contributed by atoms with E-state index < -0.39 is 28.2 Å². The van der Waals surface area contributed by atoms with Crippen LogP contribution in [0.2, 0.25) is 0 Å². The van der Waals surface area contributed by atoms with E-state index in [2.05, 4.69) is 0 Å². The number of carbonyl (C=O) groups is 2. The van der Waals surface area contributed by atoms with Crippen LogP contribution in [-0.4, -0.2) is 38.8 Å². The lowest BCUT2D eigenvalue weighted by atomic mass is 9.57. The Kier molecular flexibility index (Phi) is 2.49. The van der Waals surface area contributed by atoms with Crippen molar-refractivity contribution < 1.29 is 24.5 Å². The summed E-state index contributed by atoms with van der Waals surface area (Å²) in [7, 11) is 0. The van der Waals surface area contributed by atoms with E-state index in [1.54, 1.807) is 0 Å². The zero-order valence-electron chi connectivity index (χ0n) is 12.4. The molecule has 0 aromatic rings. The van der Waals surface area contributed by atoms with Gasteiger partial charge in [0, 0.05) is 24.7 Å². The summed E-state index contributed by atoms with van der Waals surface area (Å²) in [5.74, 6) is -2.64. The quantitative estimate of drug-likeness (QED) is 0.743. The smallest absolute Gasteiger partial charge is 0.203 e. The molecule has 0 aromatic carbocycles. The van der Waals surface area contributed by atoms with E-state index >= 15 is 0 Å². The SMILES string of the molecule is CC1CC(=O)C2(C(C)C)OC3(O)CC12CC(=O)C3(C)O. The Hall–Kier alpha value is -0.780. The van der Waals surface area contributed by atoms with Gasteiger partial charge >= 0.3 is 0 Å². The number of ether oxygens (including phenoxy) is 1. The van der Waals surface area contributed by atoms with Crippen molar-refractivity contribution in [3.05, 3.63) is 0 Å². The molecule has 2 bridgehead atoms. The first kappa shape index (κ1) is 14.2. The average Bonchev–Trinajstić information content (AvgIpc) is 2.67. The molecule has 1 saturated heterocycles. The molecule has 0 radical (unpaired) electrons. The lowest BCUT2D eigenvalue weighted by Crippen LogP contribution is -2.61. The minimum Gasteiger partial charge on any atom is -0.377 e. The monoisotopic (exact) mass is 282 g/mol. The van der Waals surface area contributed by atoms with Gasteiger partial charge in [-0.2, -0.15) is 0 Å². The van der Waals surface area contributed by atoms with E-state index in [1.165, 1.54) is 6.92 Å². The van der Waals surface area contributed by atoms with Gasteiger partial charge in [0.25, 0.3) is 0 Å². The Morgan fingerprint density at radius 1 is 1.25 bits per heavy atom. The van der Waals surface area contributed by atoms with Crippen LogP contribution in [0.5, 0.6) is 0 Å². The maximum atomic E-state index is 12.6. The summed E-state index contributed by atoms with van der Waals surface area (Å²) >= 11 is 0. The topological polar surface area (TPSA) is 83.8 Å². The lowest BCUT2D eigenvalue weighted by Gasteiger charge is -2.44. The van der Waals surface area contributed by atoms with Crippen molar-refractivity contribution in [3.63, 3.8) is 0 Å². The van der Waals surface area contributed by atoms with Crippen LogP contribution in [0, 0.1) is 17.3 Å². The summed E-state index contributed by atoms with van der Waals surface area (Å²) < 4.78 is 5.84. The molecule has 0 aromatic heterocycles. The minimum atomic E-state index is -1.96. The molecule has 5 atom stereocenters. The molecule has 2 saturated carbocycles. The van der Waals surface area contributed by atoms with E-state index in [4.69, 9.17) is 4.74 Å². The molecule has 5 nitrogen and oxygen atoms in total. The predicted octanol–water partition coefficient (Wildman–Crippen LogP) is 0.809. The van der Waals surface area contributed by atoms with Crippen LogP contribution in [0.4, 0.5) is 0 Å². The Balaban J connectivity index is 2.25. The van der Waals surface area contributed by atoms with Crippen LogP contribution in [0.3, 0.4) is 0 Å². The number of carbonyl (C=O) groups excluding carboxylic acids is 2. The van der Waals surface area contributed by atoms with E-state index in [1.807, 2.05) is 20.8 Å². The highest BCUT2D eigenvalue weighted by molar-refractivity contribution is 5.97. The van der Waals surface area contributed by atoms with Crippen molar-refractivity contribution in [1.82, 2.24) is 0 Å². The van der Waals surface area contributed by atoms with Gasteiger partial charge in [-0.25, -0.2) is 0 Å². The number of aliphatic hydroxyl groups is 2. The molecule has 1 aliphatic heterocycles. The number of hydrogen-bond donors (Lipinski definition) is 2. The first-order chi connectivity index (χ1) is 9.03. The molecule has 2 N–H and O–H groups in total. The highest BCUT2D eigenvalue weighted by atomic mass is 16.7. The maximum absolute atomic E-state index is 12.6. The van der Waals surface area contributed by atoms with Crippen molar-refractivity contribution in [2.45, 2.75) is 63.9 Å². The third-order valence-corrected chi connectivity index (χ3v) is 6.07. The second-order valence-electron chi connectivity index (χ2n) is 7.31. The van der Waals surface area contributed by atoms with Crippen molar-refractivity contribution in [1.29, 1.82) is 0 Å². The molecule has 3 fully saturated rings. The van der Waals surface area contributed by atoms with Crippen LogP contribution in [0.25, 0.3) is 0 Å². The number of fused-ring (bicyclic) bond motifs is 1. The van der Waals surface area contributed by atoms with Gasteiger partial charge in [-0.15, -0.1) is 0 Å². The average molecular weight is 282 g/mol. The summed E-state index contributed by atoms with van der Waals surface area (Å²) in [6, 6.07) is 0. The molecule has 0 amide bonds. The summed E-state index contributed by atoms with van der Waals surface area (Å²) in [6.07, 6.45) is 0.598. The molecule has 112 valence electrons. The molecule has 5 unspecified atom stereocenters. The van der Waals surface area contributed by atoms with Crippen LogP contribution in [-0.2, 0) is 14.3 Å². The Bertz CT molecular complexity index is 510. The highest BCUT2D eigenvalue weighted by Gasteiger charge is 2.81. The molecular weight excluding hydrogens is 260 g/mol. The van der Waals surface area contributed by atoms with Gasteiger partial charge in [0.15, 0.2) is 17.2 Å². The van der Waals surface area contributed by atoms with Gasteiger partial charge in [0.1, 0.15) is 5.60 Å². The fraction of sp³-hybridized carbons (Fsp3) is 0.867. The van der Waals surface area contributed by atoms with Gasteiger partial charge in [-0.05, 0) is 18.8 Å². The maximum Gasteiger partial charge on any atom is 0.203 e. The first-order valence-electron chi connectivity index (χ1n) is 7.25. The van der Waals surface area contributed by atoms with Crippen LogP contribution >= 0.6 is 0 Å². The minimum absolute atomic E-state index is 0.0357. The number of ketones is 2. The third kappa shape index (κ3) is 1.17. The van der Waals surface area contributed by atoms with Crippen LogP contribution in [0.15, 0.2) is 0 Å². The Morgan fingerprint density at radius 3 is 2.40 bits per heavy atom. The van der Waals surface area contributed by atoms with Crippen LogP contribution < -0.4 is 0 Å². The molecule has 3 aliphatic rings. The predicted molar refractivity (Wildman–Crippen MR) is 69.7 cm³/mol. The van der Waals surface area contributed by atoms with Crippen molar-refractivity contribution >= 4 is 11.6 Å². The summed E-state index contributed by atoms with van der Waals surface area (Å²) in [6.45, 7) is 6.97. The molecule has 2 aliphatic carbocycles. The largest absolute Gasteiger partial charge is 0.377 e. The second-order valence-corrected chi connectivity index (χ2v) is 7.31. The zero-order chi connectivity index (χ0) is 15.1. The van der Waals surface area contributed by atoms with Gasteiger partial charge in [0.2, 0.25) is 5.79 Å². The molecule has 1 heterocycles. The molecular formula is C15H22O5. The van der Waals surface area contributed by atoms with E-state index in [0.717, 1.165) is 0 Å². The summed E-state index contributed by atoms with van der Waals surface area (Å²) in [5.41, 5.74) is -3.80. The number of hydrogen-bond acceptors (Lipinski definition) is 5. The highest BCUT2D eigenvalue weighted by Crippen LogP contribution is 2.69. The van der Waals surface area contributed by atoms with Crippen molar-refractivity contribution in [2.75, 3.05) is 0 Å². The zero-order valence-corrected chi connectivity index (χ0v) is 12.4. The van der Waals surface area contributed by atoms with Gasteiger partial charge in [-0.1, -0.05) is 20.8 Å². The van der Waals surface area contributed by atoms with Crippen LogP contribution in [0.1, 0.15) is 47.0 Å². The van der Waals surface area contributed by atoms with Gasteiger partial charge < -0.3 is 14.9 Å². The Morgan fingerprint density at radius 2 is 1.85 bits per heavy atom. The summed E-state index contributed by atoms with van der Waals surface area (Å²) in [5, 5.41) is 21.1. The standard InChI is InChI=1S/C15H22O5/c1-8(2)15-10(16)5-9(3)13(15)6-11(17)12(4,18)14(19,7-13)20-15/h8-9,18-19H,5-7H2,1-4H3. The fourth-order valence-electron chi connectivity index (χ4n) is 4.79. The van der Waals surface area contributed by atoms with E-state index in [0.29, 0.717) is 6.42 Å². The second kappa shape index (κ2) is 3.51. The lowest BCUT2D eigenvalue weighted by molar-refractivity contribution is -0.291. The number of Topliss-reactive ketones (excluding diaryl/α,β-unsaturated/α-hetero) is 2. The Labute approximate surface area is 118 Å². The molecule has 20 heavy (non-hydrogen) atoms. The molecule has 5 heteroatoms. The van der Waals surface area contributed by atoms with Gasteiger partial charge in [0.05, 0.1) is 0 Å². The van der Waals surface area contributed by atoms with E-state index in [9.17, 15) is 19.8 Å². The number of rotatable bonds is 1. The van der Waals surface area contributed by atoms with Crippen molar-refractivity contribution in [3.8, 4) is 0 Å². The first-order valence-corrected chi connectivity index (χ1v) is 7.25. The third-order valence-electron chi connectivity index (χ3n) is 6.07. The van der Waals surface area contributed by atoms with Gasteiger partial charge in [-0.3, -0.25) is 9.59 Å². The van der Waals surface area contributed by atoms with E-state index in [-0.39, 0.29) is 30.5 Å². The fourth-order valence-corrected chi connectivity index (χ4v) is 4.79. The molecule has 1 spiro atoms. The van der Waals surface area contributed by atoms with Crippen molar-refractivity contribution in [2.24, 2.45) is 17.3 Å². The summed E-state index contributed by atoms with van der Waals surface area (Å²) in [4.78, 5) is 24.9. The normalized spacial score (nSPS) is 54.6.